The molecule has 2 aromatic carbocycles. The van der Waals surface area contributed by atoms with E-state index in [0.717, 1.165) is 25.0 Å². The summed E-state index contributed by atoms with van der Waals surface area (Å²) in [6.45, 7) is 6.38. The van der Waals surface area contributed by atoms with Crippen LogP contribution in [0.25, 0.3) is 0 Å². The SMILES string of the molecule is CCCCCS(=O)(=O)c1cc(C)c(C(=O)Cl)cc1C(F)(F)F.CCCCCS(=O)(=O)c1cc(C)c(C(=O)N=C(N)N)cc1C(F)(F)F. The minimum atomic E-state index is -4.95. The topological polar surface area (TPSA) is 167 Å². The molecule has 1 amide bonds. The van der Waals surface area contributed by atoms with Gasteiger partial charge in [0.2, 0.25) is 0 Å². The number of halogens is 7. The minimum Gasteiger partial charge on any atom is -0.370 e. The number of sulfone groups is 2. The molecule has 0 aliphatic carbocycles. The molecule has 0 atom stereocenters. The number of benzene rings is 2. The van der Waals surface area contributed by atoms with E-state index in [1.807, 2.05) is 13.8 Å². The van der Waals surface area contributed by atoms with Gasteiger partial charge in [-0.1, -0.05) is 39.5 Å². The Bertz CT molecular complexity index is 1700. The second kappa shape index (κ2) is 16.8. The lowest BCUT2D eigenvalue weighted by Crippen LogP contribution is -2.24. The summed E-state index contributed by atoms with van der Waals surface area (Å²) in [5.74, 6) is -2.44. The highest BCUT2D eigenvalue weighted by Crippen LogP contribution is 2.38. The number of guanidine groups is 1. The predicted molar refractivity (Wildman–Crippen MR) is 166 cm³/mol. The van der Waals surface area contributed by atoms with Crippen molar-refractivity contribution in [2.24, 2.45) is 16.5 Å². The molecule has 47 heavy (non-hydrogen) atoms. The van der Waals surface area contributed by atoms with Crippen molar-refractivity contribution in [3.63, 3.8) is 0 Å². The summed E-state index contributed by atoms with van der Waals surface area (Å²) in [4.78, 5) is 24.6. The Balaban J connectivity index is 0.000000474. The van der Waals surface area contributed by atoms with Gasteiger partial charge in [0.15, 0.2) is 25.6 Å². The fourth-order valence-electron chi connectivity index (χ4n) is 4.24. The number of aliphatic imine (C=N–C) groups is 1. The van der Waals surface area contributed by atoms with Gasteiger partial charge in [0.1, 0.15) is 0 Å². The molecule has 0 aliphatic rings. The first kappa shape index (κ1) is 41.8. The Hall–Kier alpha value is -3.18. The zero-order valence-corrected chi connectivity index (χ0v) is 28.4. The van der Waals surface area contributed by atoms with Crippen LogP contribution in [0, 0.1) is 13.8 Å². The van der Waals surface area contributed by atoms with Crippen LogP contribution in [0.2, 0.25) is 0 Å². The maximum Gasteiger partial charge on any atom is 0.417 e. The molecule has 0 fully saturated rings. The van der Waals surface area contributed by atoms with Gasteiger partial charge in [0.25, 0.3) is 11.1 Å². The van der Waals surface area contributed by atoms with Crippen LogP contribution in [-0.2, 0) is 32.0 Å². The lowest BCUT2D eigenvalue weighted by molar-refractivity contribution is -0.140. The summed E-state index contributed by atoms with van der Waals surface area (Å²) < 4.78 is 128. The molecule has 0 unspecified atom stereocenters. The normalized spacial score (nSPS) is 12.2. The van der Waals surface area contributed by atoms with Gasteiger partial charge < -0.3 is 11.5 Å². The molecule has 0 aliphatic heterocycles. The summed E-state index contributed by atoms with van der Waals surface area (Å²) in [7, 11) is -8.24. The van der Waals surface area contributed by atoms with Crippen molar-refractivity contribution in [2.45, 2.75) is 88.4 Å². The molecule has 0 radical (unpaired) electrons. The lowest BCUT2D eigenvalue weighted by atomic mass is 10.0. The fourth-order valence-corrected chi connectivity index (χ4v) is 7.79. The van der Waals surface area contributed by atoms with Gasteiger partial charge >= 0.3 is 12.4 Å². The average molecular weight is 736 g/mol. The van der Waals surface area contributed by atoms with Gasteiger partial charge in [-0.25, -0.2) is 16.8 Å². The van der Waals surface area contributed by atoms with E-state index in [9.17, 15) is 52.8 Å². The molecule has 2 aromatic rings. The number of aryl methyl sites for hydroxylation is 2. The van der Waals surface area contributed by atoms with Gasteiger partial charge in [0, 0.05) is 11.1 Å². The number of hydrogen-bond donors (Lipinski definition) is 2. The van der Waals surface area contributed by atoms with Crippen LogP contribution in [-0.4, -0.2) is 45.5 Å². The van der Waals surface area contributed by atoms with Crippen molar-refractivity contribution < 1.29 is 52.8 Å². The van der Waals surface area contributed by atoms with Crippen molar-refractivity contribution in [3.05, 3.63) is 57.6 Å². The Labute approximate surface area is 274 Å². The predicted octanol–water partition coefficient (Wildman–Crippen LogP) is 6.75. The highest BCUT2D eigenvalue weighted by Gasteiger charge is 2.39. The van der Waals surface area contributed by atoms with Gasteiger partial charge in [0.05, 0.1) is 32.4 Å². The van der Waals surface area contributed by atoms with E-state index < -0.39 is 81.4 Å². The number of alkyl halides is 6. The molecule has 0 saturated heterocycles. The third kappa shape index (κ3) is 12.1. The maximum atomic E-state index is 13.3. The van der Waals surface area contributed by atoms with Gasteiger partial charge in [-0.3, -0.25) is 9.59 Å². The molecule has 4 N–H and O–H groups in total. The van der Waals surface area contributed by atoms with Gasteiger partial charge in [-0.2, -0.15) is 31.3 Å². The third-order valence-electron chi connectivity index (χ3n) is 6.64. The molecule has 0 spiro atoms. The Kier molecular flexibility index (Phi) is 14.9. The van der Waals surface area contributed by atoms with E-state index in [1.54, 1.807) is 0 Å². The minimum absolute atomic E-state index is 0.0390. The lowest BCUT2D eigenvalue weighted by Gasteiger charge is -2.16. The zero-order chi connectivity index (χ0) is 36.5. The van der Waals surface area contributed by atoms with Crippen LogP contribution in [0.5, 0.6) is 0 Å². The molecule has 0 bridgehead atoms. The second-order valence-corrected chi connectivity index (χ2v) is 15.0. The van der Waals surface area contributed by atoms with Gasteiger partial charge in [-0.15, -0.1) is 0 Å². The number of amides is 1. The van der Waals surface area contributed by atoms with E-state index >= 15 is 0 Å². The number of carbonyl (C=O) groups is 2. The van der Waals surface area contributed by atoms with Crippen LogP contribution < -0.4 is 11.5 Å². The number of hydrogen-bond acceptors (Lipinski definition) is 6. The Morgan fingerprint density at radius 2 is 1.06 bits per heavy atom. The van der Waals surface area contributed by atoms with E-state index in [2.05, 4.69) is 4.99 Å². The third-order valence-corrected chi connectivity index (χ3v) is 10.5. The number of carbonyl (C=O) groups excluding carboxylic acids is 2. The fraction of sp³-hybridized carbons (Fsp3) is 0.483. The zero-order valence-electron chi connectivity index (χ0n) is 26.0. The molecule has 18 heteroatoms. The second-order valence-electron chi connectivity index (χ2n) is 10.5. The maximum absolute atomic E-state index is 13.3. The molecule has 0 saturated carbocycles. The van der Waals surface area contributed by atoms with Crippen LogP contribution in [0.1, 0.15) is 95.3 Å². The summed E-state index contributed by atoms with van der Waals surface area (Å²) >= 11 is 5.24. The summed E-state index contributed by atoms with van der Waals surface area (Å²) in [6.07, 6.45) is -6.63. The molecule has 2 rings (SSSR count). The van der Waals surface area contributed by atoms with E-state index in [1.165, 1.54) is 13.8 Å². The van der Waals surface area contributed by atoms with Crippen molar-refractivity contribution in [1.29, 1.82) is 0 Å². The van der Waals surface area contributed by atoms with Crippen molar-refractivity contribution in [3.8, 4) is 0 Å². The van der Waals surface area contributed by atoms with Crippen molar-refractivity contribution in [2.75, 3.05) is 11.5 Å². The average Bonchev–Trinajstić information content (AvgIpc) is 2.91. The smallest absolute Gasteiger partial charge is 0.370 e. The van der Waals surface area contributed by atoms with Crippen LogP contribution in [0.15, 0.2) is 39.0 Å². The van der Waals surface area contributed by atoms with E-state index in [0.29, 0.717) is 25.0 Å². The first-order valence-corrected chi connectivity index (χ1v) is 17.8. The first-order valence-electron chi connectivity index (χ1n) is 14.1. The number of nitrogens with zero attached hydrogens (tertiary/aromatic N) is 1. The van der Waals surface area contributed by atoms with Gasteiger partial charge in [-0.05, 0) is 73.7 Å². The highest BCUT2D eigenvalue weighted by molar-refractivity contribution is 7.91. The van der Waals surface area contributed by atoms with E-state index in [4.69, 9.17) is 23.1 Å². The molecule has 0 heterocycles. The largest absolute Gasteiger partial charge is 0.417 e. The van der Waals surface area contributed by atoms with Crippen LogP contribution in [0.3, 0.4) is 0 Å². The molecule has 9 nitrogen and oxygen atoms in total. The monoisotopic (exact) mass is 735 g/mol. The summed E-state index contributed by atoms with van der Waals surface area (Å²) in [6, 6.07) is 2.72. The number of nitrogens with two attached hydrogens (primary N) is 2. The highest BCUT2D eigenvalue weighted by atomic mass is 35.5. The quantitative estimate of drug-likeness (QED) is 0.0794. The van der Waals surface area contributed by atoms with Crippen molar-refractivity contribution >= 4 is 48.4 Å². The Morgan fingerprint density at radius 1 is 0.702 bits per heavy atom. The summed E-state index contributed by atoms with van der Waals surface area (Å²) in [5.41, 5.74) is 6.76. The summed E-state index contributed by atoms with van der Waals surface area (Å²) in [5, 5.41) is -1.06. The molecular formula is C29H36ClF6N3O6S2. The van der Waals surface area contributed by atoms with Crippen LogP contribution >= 0.6 is 11.6 Å². The first-order chi connectivity index (χ1) is 21.4. The number of unbranched alkanes of at least 4 members (excludes halogenated alkanes) is 4. The molecular weight excluding hydrogens is 700 g/mol. The Morgan fingerprint density at radius 3 is 1.38 bits per heavy atom. The van der Waals surface area contributed by atoms with E-state index in [-0.39, 0.29) is 35.3 Å². The molecule has 0 aromatic heterocycles. The molecule has 264 valence electrons. The van der Waals surface area contributed by atoms with Crippen molar-refractivity contribution in [1.82, 2.24) is 0 Å². The standard InChI is InChI=1S/C15H20F3N3O3S.C14H16ClF3O3S/c1-3-4-5-6-25(23,24)12-7-9(2)10(13(22)21-14(19)20)8-11(12)15(16,17)18;1-3-4-5-6-22(20,21)12-7-9(2)10(13(15)19)8-11(12)14(16,17)18/h7-8H,3-6H2,1-2H3,(H4,19,20,21,22);7-8H,3-6H2,1-2H3. The number of rotatable bonds is 12. The van der Waals surface area contributed by atoms with Crippen LogP contribution in [0.4, 0.5) is 26.3 Å².